The van der Waals surface area contributed by atoms with Crippen molar-refractivity contribution in [3.8, 4) is 0 Å². The second kappa shape index (κ2) is 4.68. The fourth-order valence-corrected chi connectivity index (χ4v) is 2.80. The van der Waals surface area contributed by atoms with Gasteiger partial charge in [0, 0.05) is 6.20 Å². The maximum atomic E-state index is 13.5. The largest absolute Gasteiger partial charge is 0.527 e. The van der Waals surface area contributed by atoms with E-state index in [0.717, 1.165) is 11.1 Å². The molecule has 3 rings (SSSR count). The summed E-state index contributed by atoms with van der Waals surface area (Å²) in [5, 5.41) is 12.1. The van der Waals surface area contributed by atoms with Gasteiger partial charge in [-0.3, -0.25) is 14.3 Å². The van der Waals surface area contributed by atoms with Crippen molar-refractivity contribution in [3.63, 3.8) is 0 Å². The van der Waals surface area contributed by atoms with Crippen molar-refractivity contribution >= 4 is 13.9 Å². The summed E-state index contributed by atoms with van der Waals surface area (Å²) >= 11 is 0. The number of rotatable bonds is 1. The van der Waals surface area contributed by atoms with Crippen LogP contribution in [0.25, 0.3) is 0 Å². The van der Waals surface area contributed by atoms with E-state index in [9.17, 15) is 23.7 Å². The number of halogens is 1. The van der Waals surface area contributed by atoms with Crippen LogP contribution >= 0.6 is 7.82 Å². The molecule has 3 aliphatic heterocycles. The molecule has 0 spiro atoms. The van der Waals surface area contributed by atoms with Crippen LogP contribution in [0.4, 0.5) is 9.18 Å². The van der Waals surface area contributed by atoms with E-state index >= 15 is 0 Å². The number of phosphoric ester groups is 1. The topological polar surface area (TPSA) is 144 Å². The number of hydrogen-bond donors (Lipinski definition) is 4. The van der Waals surface area contributed by atoms with Crippen molar-refractivity contribution in [1.82, 2.24) is 10.2 Å². The van der Waals surface area contributed by atoms with Gasteiger partial charge in [-0.1, -0.05) is 0 Å². The summed E-state index contributed by atoms with van der Waals surface area (Å²) in [6.07, 6.45) is -3.45. The van der Waals surface area contributed by atoms with Gasteiger partial charge in [0.05, 0.1) is 0 Å². The molecule has 0 aromatic carbocycles. The standard InChI is InChI=1S/C9H11FN3O7P/c10-3-1-13(9(15)12-7(3)11)8-5(14)6-4(19-8)2-18-21(16,17)20-6/h1,5,7-8,14H,2,11H2,(H,12,15)(H,16,17)/t5-,7?,8-/m1/s1. The molecular weight excluding hydrogens is 312 g/mol. The van der Waals surface area contributed by atoms with Crippen LogP contribution in [0.1, 0.15) is 0 Å². The van der Waals surface area contributed by atoms with Crippen LogP contribution in [0, 0.1) is 0 Å². The molecule has 0 radical (unpaired) electrons. The summed E-state index contributed by atoms with van der Waals surface area (Å²) in [5.74, 6) is -1.22. The molecule has 0 saturated heterocycles. The highest BCUT2D eigenvalue weighted by atomic mass is 31.2. The van der Waals surface area contributed by atoms with Crippen molar-refractivity contribution in [2.45, 2.75) is 18.5 Å². The smallest absolute Gasteiger partial charge is 0.465 e. The maximum absolute atomic E-state index is 13.5. The molecule has 0 aromatic heterocycles. The Balaban J connectivity index is 1.84. The molecule has 2 amide bonds. The third-order valence-electron chi connectivity index (χ3n) is 3.00. The van der Waals surface area contributed by atoms with Crippen LogP contribution < -0.4 is 11.1 Å². The Labute approximate surface area is 117 Å². The van der Waals surface area contributed by atoms with Gasteiger partial charge in [-0.25, -0.2) is 13.8 Å². The lowest BCUT2D eigenvalue weighted by molar-refractivity contribution is -0.0310. The summed E-state index contributed by atoms with van der Waals surface area (Å²) in [6.45, 7) is -0.419. The number of ether oxygens (including phenoxy) is 1. The average molecular weight is 323 g/mol. The molecule has 116 valence electrons. The third kappa shape index (κ3) is 2.39. The molecule has 4 atom stereocenters. The molecule has 5 N–H and O–H groups in total. The summed E-state index contributed by atoms with van der Waals surface area (Å²) in [5.41, 5.74) is 5.29. The molecule has 0 aliphatic carbocycles. The highest BCUT2D eigenvalue weighted by Gasteiger charge is 2.49. The predicted molar refractivity (Wildman–Crippen MR) is 62.3 cm³/mol. The lowest BCUT2D eigenvalue weighted by atomic mass is 10.2. The Morgan fingerprint density at radius 1 is 1.57 bits per heavy atom. The minimum atomic E-state index is -4.32. The summed E-state index contributed by atoms with van der Waals surface area (Å²) < 4.78 is 39.1. The van der Waals surface area contributed by atoms with E-state index < -0.39 is 44.8 Å². The molecule has 0 aromatic rings. The highest BCUT2D eigenvalue weighted by molar-refractivity contribution is 7.47. The van der Waals surface area contributed by atoms with Gasteiger partial charge in [0.15, 0.2) is 23.4 Å². The van der Waals surface area contributed by atoms with E-state index in [0.29, 0.717) is 0 Å². The van der Waals surface area contributed by atoms with E-state index in [1.165, 1.54) is 0 Å². The van der Waals surface area contributed by atoms with Crippen LogP contribution in [0.2, 0.25) is 0 Å². The first kappa shape index (κ1) is 14.3. The second-order valence-corrected chi connectivity index (χ2v) is 5.80. The number of nitrogens with zero attached hydrogens (tertiary/aromatic N) is 1. The number of carbonyl (C=O) groups is 1. The molecule has 0 bridgehead atoms. The zero-order valence-electron chi connectivity index (χ0n) is 10.3. The van der Waals surface area contributed by atoms with E-state index in [1.54, 1.807) is 0 Å². The van der Waals surface area contributed by atoms with Gasteiger partial charge < -0.3 is 25.4 Å². The van der Waals surface area contributed by atoms with Gasteiger partial charge in [-0.05, 0) is 0 Å². The van der Waals surface area contributed by atoms with Crippen LogP contribution in [0.3, 0.4) is 0 Å². The SMILES string of the molecule is NC1NC(=O)N([C@@H]2OC3=C(OP(=O)(O)OC3)[C@H]2O)C=C1F. The number of phosphoric acid groups is 1. The molecule has 10 nitrogen and oxygen atoms in total. The van der Waals surface area contributed by atoms with Gasteiger partial charge in [0.1, 0.15) is 12.8 Å². The van der Waals surface area contributed by atoms with Crippen molar-refractivity contribution < 1.29 is 37.5 Å². The number of urea groups is 1. The monoisotopic (exact) mass is 323 g/mol. The summed E-state index contributed by atoms with van der Waals surface area (Å²) in [7, 11) is -4.32. The zero-order chi connectivity index (χ0) is 15.4. The van der Waals surface area contributed by atoms with Crippen LogP contribution in [0.5, 0.6) is 0 Å². The van der Waals surface area contributed by atoms with Gasteiger partial charge in [0.25, 0.3) is 0 Å². The highest BCUT2D eigenvalue weighted by Crippen LogP contribution is 2.52. The first-order chi connectivity index (χ1) is 9.78. The van der Waals surface area contributed by atoms with Crippen LogP contribution in [0.15, 0.2) is 23.5 Å². The number of amides is 2. The molecule has 0 saturated carbocycles. The number of aliphatic hydroxyl groups is 1. The molecule has 0 fully saturated rings. The van der Waals surface area contributed by atoms with Crippen LogP contribution in [-0.2, 0) is 18.3 Å². The predicted octanol–water partition coefficient (Wildman–Crippen LogP) is -0.817. The average Bonchev–Trinajstić information content (AvgIpc) is 2.70. The molecule has 3 aliphatic rings. The zero-order valence-corrected chi connectivity index (χ0v) is 11.2. The number of carbonyl (C=O) groups excluding carboxylic acids is 1. The lowest BCUT2D eigenvalue weighted by Crippen LogP contribution is -2.56. The van der Waals surface area contributed by atoms with Crippen molar-refractivity contribution in [1.29, 1.82) is 0 Å². The number of hydrogen-bond acceptors (Lipinski definition) is 7. The number of nitrogens with one attached hydrogen (secondary N) is 1. The Morgan fingerprint density at radius 3 is 3.00 bits per heavy atom. The molecule has 21 heavy (non-hydrogen) atoms. The maximum Gasteiger partial charge on any atom is 0.527 e. The van der Waals surface area contributed by atoms with Crippen LogP contribution in [-0.4, -0.2) is 46.0 Å². The normalized spacial score (nSPS) is 39.2. The van der Waals surface area contributed by atoms with Gasteiger partial charge in [-0.2, -0.15) is 0 Å². The van der Waals surface area contributed by atoms with E-state index in [-0.39, 0.29) is 11.5 Å². The first-order valence-corrected chi connectivity index (χ1v) is 7.24. The Hall–Kier alpha value is -1.65. The van der Waals surface area contributed by atoms with Crippen molar-refractivity contribution in [3.05, 3.63) is 23.5 Å². The number of nitrogens with two attached hydrogens (primary N) is 1. The fraction of sp³-hybridized carbons (Fsp3) is 0.444. The quantitative estimate of drug-likeness (QED) is 0.458. The van der Waals surface area contributed by atoms with Gasteiger partial charge in [0.2, 0.25) is 6.23 Å². The van der Waals surface area contributed by atoms with Gasteiger partial charge in [-0.15, -0.1) is 0 Å². The number of aliphatic hydroxyl groups excluding tert-OH is 1. The van der Waals surface area contributed by atoms with E-state index in [4.69, 9.17) is 10.5 Å². The minimum absolute atomic E-state index is 0.0514. The van der Waals surface area contributed by atoms with E-state index in [2.05, 4.69) is 14.4 Å². The lowest BCUT2D eigenvalue weighted by Gasteiger charge is -2.32. The van der Waals surface area contributed by atoms with Gasteiger partial charge >= 0.3 is 13.9 Å². The Morgan fingerprint density at radius 2 is 2.29 bits per heavy atom. The molecule has 3 heterocycles. The second-order valence-electron chi connectivity index (χ2n) is 4.42. The van der Waals surface area contributed by atoms with Crippen molar-refractivity contribution in [2.24, 2.45) is 5.73 Å². The molecular formula is C9H11FN3O7P. The molecule has 12 heteroatoms. The minimum Gasteiger partial charge on any atom is -0.465 e. The molecule has 2 unspecified atom stereocenters. The first-order valence-electron chi connectivity index (χ1n) is 5.75. The summed E-state index contributed by atoms with van der Waals surface area (Å²) in [6, 6.07) is -0.805. The van der Waals surface area contributed by atoms with Crippen molar-refractivity contribution in [2.75, 3.05) is 6.61 Å². The summed E-state index contributed by atoms with van der Waals surface area (Å²) in [4.78, 5) is 21.7. The Bertz CT molecular complexity index is 608. The Kier molecular flexibility index (Phi) is 3.19. The fourth-order valence-electron chi connectivity index (χ4n) is 2.01. The third-order valence-corrected chi connectivity index (χ3v) is 3.88. The van der Waals surface area contributed by atoms with E-state index in [1.807, 2.05) is 0 Å².